The molecular weight excluding hydrogens is 220 g/mol. The maximum absolute atomic E-state index is 11.2. The van der Waals surface area contributed by atoms with Gasteiger partial charge in [0.15, 0.2) is 0 Å². The highest BCUT2D eigenvalue weighted by atomic mass is 35.5. The van der Waals surface area contributed by atoms with Gasteiger partial charge >= 0.3 is 11.9 Å². The molecule has 0 amide bonds. The monoisotopic (exact) mass is 230 g/mol. The molecule has 0 aliphatic carbocycles. The molecule has 0 bridgehead atoms. The molecule has 0 unspecified atom stereocenters. The van der Waals surface area contributed by atoms with Crippen LogP contribution >= 0.6 is 12.4 Å². The molecule has 0 saturated heterocycles. The van der Waals surface area contributed by atoms with Crippen molar-refractivity contribution in [2.75, 3.05) is 14.2 Å². The summed E-state index contributed by atoms with van der Waals surface area (Å²) in [5.74, 6) is -1.10. The third-order valence-corrected chi connectivity index (χ3v) is 1.74. The van der Waals surface area contributed by atoms with Crippen LogP contribution in [-0.2, 0) is 9.47 Å². The molecule has 0 aliphatic rings. The summed E-state index contributed by atoms with van der Waals surface area (Å²) in [5.41, 5.74) is 0.420. The molecule has 0 radical (unpaired) electrons. The van der Waals surface area contributed by atoms with Gasteiger partial charge in [-0.2, -0.15) is 0 Å². The molecule has 0 heterocycles. The molecule has 1 rings (SSSR count). The number of carbonyl (C=O) groups is 2. The van der Waals surface area contributed by atoms with Crippen molar-refractivity contribution in [1.82, 2.24) is 0 Å². The van der Waals surface area contributed by atoms with E-state index in [1.165, 1.54) is 26.4 Å². The Labute approximate surface area is 93.6 Å². The lowest BCUT2D eigenvalue weighted by atomic mass is 10.1. The van der Waals surface area contributed by atoms with E-state index < -0.39 is 11.9 Å². The van der Waals surface area contributed by atoms with Crippen LogP contribution in [0.15, 0.2) is 24.3 Å². The van der Waals surface area contributed by atoms with Gasteiger partial charge in [0.25, 0.3) is 0 Å². The average molecular weight is 231 g/mol. The zero-order chi connectivity index (χ0) is 10.6. The van der Waals surface area contributed by atoms with Crippen molar-refractivity contribution in [2.24, 2.45) is 0 Å². The van der Waals surface area contributed by atoms with Crippen LogP contribution in [-0.4, -0.2) is 26.2 Å². The maximum Gasteiger partial charge on any atom is 0.338 e. The quantitative estimate of drug-likeness (QED) is 0.726. The third-order valence-electron chi connectivity index (χ3n) is 1.74. The van der Waals surface area contributed by atoms with E-state index in [-0.39, 0.29) is 23.5 Å². The molecule has 0 atom stereocenters. The lowest BCUT2D eigenvalue weighted by molar-refractivity contribution is 0.0555. The van der Waals surface area contributed by atoms with Crippen molar-refractivity contribution in [3.63, 3.8) is 0 Å². The molecule has 0 aromatic heterocycles. The largest absolute Gasteiger partial charge is 0.465 e. The van der Waals surface area contributed by atoms with Crippen LogP contribution in [0.1, 0.15) is 20.7 Å². The van der Waals surface area contributed by atoms with Gasteiger partial charge in [0.05, 0.1) is 25.3 Å². The van der Waals surface area contributed by atoms with Crippen LogP contribution in [0.4, 0.5) is 0 Å². The standard InChI is InChI=1S/C10H10O4.ClH/c1-13-9(11)7-5-3-4-6-8(7)10(12)14-2;/h3-6H,1-2H3;1H. The fraction of sp³-hybridized carbons (Fsp3) is 0.200. The number of rotatable bonds is 2. The van der Waals surface area contributed by atoms with E-state index in [1.54, 1.807) is 12.1 Å². The minimum absolute atomic E-state index is 0. The second-order valence-electron chi connectivity index (χ2n) is 2.53. The topological polar surface area (TPSA) is 52.6 Å². The Balaban J connectivity index is 0.00000196. The number of benzene rings is 1. The van der Waals surface area contributed by atoms with E-state index in [9.17, 15) is 9.59 Å². The molecule has 1 aromatic carbocycles. The molecular formula is C10H11ClO4. The molecule has 1 aromatic rings. The highest BCUT2D eigenvalue weighted by Crippen LogP contribution is 2.10. The van der Waals surface area contributed by atoms with Crippen LogP contribution in [0.5, 0.6) is 0 Å². The minimum Gasteiger partial charge on any atom is -0.465 e. The van der Waals surface area contributed by atoms with Gasteiger partial charge in [-0.15, -0.1) is 12.4 Å². The number of halogens is 1. The summed E-state index contributed by atoms with van der Waals surface area (Å²) < 4.78 is 9.05. The predicted molar refractivity (Wildman–Crippen MR) is 56.4 cm³/mol. The number of carbonyl (C=O) groups excluding carboxylic acids is 2. The summed E-state index contributed by atoms with van der Waals surface area (Å²) in [5, 5.41) is 0. The molecule has 82 valence electrons. The Bertz CT molecular complexity index is 327. The number of hydrogen-bond donors (Lipinski definition) is 0. The lowest BCUT2D eigenvalue weighted by Gasteiger charge is -2.04. The molecule has 0 fully saturated rings. The van der Waals surface area contributed by atoms with E-state index in [2.05, 4.69) is 9.47 Å². The molecule has 0 saturated carbocycles. The zero-order valence-corrected chi connectivity index (χ0v) is 9.17. The number of ether oxygens (including phenoxy) is 2. The highest BCUT2D eigenvalue weighted by Gasteiger charge is 2.16. The Kier molecular flexibility index (Phi) is 5.41. The molecule has 4 nitrogen and oxygen atoms in total. The first kappa shape index (κ1) is 13.4. The number of hydrogen-bond acceptors (Lipinski definition) is 4. The Hall–Kier alpha value is -1.55. The minimum atomic E-state index is -0.550. The maximum atomic E-state index is 11.2. The Morgan fingerprint density at radius 3 is 1.53 bits per heavy atom. The normalized spacial score (nSPS) is 8.67. The van der Waals surface area contributed by atoms with Crippen molar-refractivity contribution >= 4 is 24.3 Å². The summed E-state index contributed by atoms with van der Waals surface area (Å²) in [4.78, 5) is 22.4. The van der Waals surface area contributed by atoms with E-state index in [0.717, 1.165) is 0 Å². The first-order valence-corrected chi connectivity index (χ1v) is 3.96. The third kappa shape index (κ3) is 2.95. The highest BCUT2D eigenvalue weighted by molar-refractivity contribution is 6.02. The van der Waals surface area contributed by atoms with Gasteiger partial charge in [0.2, 0.25) is 0 Å². The van der Waals surface area contributed by atoms with Gasteiger partial charge in [-0.3, -0.25) is 0 Å². The summed E-state index contributed by atoms with van der Waals surface area (Å²) in [6.45, 7) is 0. The van der Waals surface area contributed by atoms with Crippen molar-refractivity contribution in [2.45, 2.75) is 0 Å². The lowest BCUT2D eigenvalue weighted by Crippen LogP contribution is -2.11. The predicted octanol–water partition coefficient (Wildman–Crippen LogP) is 1.68. The van der Waals surface area contributed by atoms with Crippen LogP contribution in [0.3, 0.4) is 0 Å². The average Bonchev–Trinajstić information content (AvgIpc) is 2.27. The molecule has 15 heavy (non-hydrogen) atoms. The Morgan fingerprint density at radius 2 is 1.27 bits per heavy atom. The van der Waals surface area contributed by atoms with E-state index in [1.807, 2.05) is 0 Å². The number of methoxy groups -OCH3 is 2. The summed E-state index contributed by atoms with van der Waals surface area (Å²) in [6.07, 6.45) is 0. The van der Waals surface area contributed by atoms with E-state index in [4.69, 9.17) is 0 Å². The van der Waals surface area contributed by atoms with Crippen LogP contribution in [0.2, 0.25) is 0 Å². The first-order chi connectivity index (χ1) is 6.70. The van der Waals surface area contributed by atoms with E-state index >= 15 is 0 Å². The molecule has 0 N–H and O–H groups in total. The molecule has 0 spiro atoms. The molecule has 0 aliphatic heterocycles. The van der Waals surface area contributed by atoms with Gasteiger partial charge in [-0.25, -0.2) is 9.59 Å². The summed E-state index contributed by atoms with van der Waals surface area (Å²) in [6, 6.07) is 6.33. The first-order valence-electron chi connectivity index (χ1n) is 3.96. The van der Waals surface area contributed by atoms with Gasteiger partial charge < -0.3 is 9.47 Å². The van der Waals surface area contributed by atoms with Crippen molar-refractivity contribution < 1.29 is 19.1 Å². The van der Waals surface area contributed by atoms with Crippen LogP contribution in [0.25, 0.3) is 0 Å². The number of esters is 2. The van der Waals surface area contributed by atoms with Crippen LogP contribution < -0.4 is 0 Å². The smallest absolute Gasteiger partial charge is 0.338 e. The van der Waals surface area contributed by atoms with Gasteiger partial charge in [0.1, 0.15) is 0 Å². The fourth-order valence-corrected chi connectivity index (χ4v) is 1.06. The van der Waals surface area contributed by atoms with Crippen molar-refractivity contribution in [3.05, 3.63) is 35.4 Å². The molecule has 5 heteroatoms. The summed E-state index contributed by atoms with van der Waals surface area (Å²) >= 11 is 0. The van der Waals surface area contributed by atoms with Gasteiger partial charge in [-0.05, 0) is 12.1 Å². The van der Waals surface area contributed by atoms with Gasteiger partial charge in [0, 0.05) is 0 Å². The van der Waals surface area contributed by atoms with Crippen LogP contribution in [0, 0.1) is 0 Å². The Morgan fingerprint density at radius 1 is 0.933 bits per heavy atom. The van der Waals surface area contributed by atoms with Crippen molar-refractivity contribution in [3.8, 4) is 0 Å². The second-order valence-corrected chi connectivity index (χ2v) is 2.53. The van der Waals surface area contributed by atoms with Crippen molar-refractivity contribution in [1.29, 1.82) is 0 Å². The SMILES string of the molecule is COC(=O)c1ccccc1C(=O)OC.Cl. The van der Waals surface area contributed by atoms with Gasteiger partial charge in [-0.1, -0.05) is 12.1 Å². The fourth-order valence-electron chi connectivity index (χ4n) is 1.06. The van der Waals surface area contributed by atoms with E-state index in [0.29, 0.717) is 0 Å². The second kappa shape index (κ2) is 6.03. The zero-order valence-electron chi connectivity index (χ0n) is 8.35. The summed E-state index contributed by atoms with van der Waals surface area (Å²) in [7, 11) is 2.52.